The Labute approximate surface area is 114 Å². The van der Waals surface area contributed by atoms with Crippen molar-refractivity contribution < 1.29 is 9.84 Å². The molecular weight excluding hydrogens is 236 g/mol. The third-order valence-electron chi connectivity index (χ3n) is 3.29. The molecule has 0 saturated heterocycles. The standard InChI is InChI=1S/C17H20O2/c1-12(2)17(18)15-11-14(9-10-16(15)19-3)13-7-5-4-6-8-13/h4-12,17-18H,1-3H3/t17-/m1/s1. The molecule has 1 atom stereocenters. The van der Waals surface area contributed by atoms with Crippen LogP contribution in [-0.4, -0.2) is 12.2 Å². The molecule has 2 aromatic carbocycles. The molecule has 0 aliphatic heterocycles. The Kier molecular flexibility index (Phi) is 4.23. The second kappa shape index (κ2) is 5.89. The van der Waals surface area contributed by atoms with Crippen LogP contribution in [0.4, 0.5) is 0 Å². The molecule has 0 heterocycles. The maximum absolute atomic E-state index is 10.3. The summed E-state index contributed by atoms with van der Waals surface area (Å²) in [6, 6.07) is 16.1. The van der Waals surface area contributed by atoms with Gasteiger partial charge >= 0.3 is 0 Å². The van der Waals surface area contributed by atoms with Crippen LogP contribution in [0.3, 0.4) is 0 Å². The number of methoxy groups -OCH3 is 1. The minimum absolute atomic E-state index is 0.153. The number of ether oxygens (including phenoxy) is 1. The molecule has 0 amide bonds. The van der Waals surface area contributed by atoms with Gasteiger partial charge < -0.3 is 9.84 Å². The largest absolute Gasteiger partial charge is 0.496 e. The average Bonchev–Trinajstić information content (AvgIpc) is 2.46. The van der Waals surface area contributed by atoms with Crippen LogP contribution in [0.5, 0.6) is 5.75 Å². The summed E-state index contributed by atoms with van der Waals surface area (Å²) in [5, 5.41) is 10.3. The summed E-state index contributed by atoms with van der Waals surface area (Å²) < 4.78 is 5.35. The van der Waals surface area contributed by atoms with E-state index in [-0.39, 0.29) is 5.92 Å². The lowest BCUT2D eigenvalue weighted by Crippen LogP contribution is -2.07. The number of hydrogen-bond donors (Lipinski definition) is 1. The summed E-state index contributed by atoms with van der Waals surface area (Å²) in [6.07, 6.45) is -0.515. The average molecular weight is 256 g/mol. The van der Waals surface area contributed by atoms with Crippen molar-refractivity contribution >= 4 is 0 Å². The van der Waals surface area contributed by atoms with Gasteiger partial charge in [0.25, 0.3) is 0 Å². The summed E-state index contributed by atoms with van der Waals surface area (Å²) >= 11 is 0. The maximum Gasteiger partial charge on any atom is 0.124 e. The monoisotopic (exact) mass is 256 g/mol. The second-order valence-electron chi connectivity index (χ2n) is 5.01. The smallest absolute Gasteiger partial charge is 0.124 e. The van der Waals surface area contributed by atoms with E-state index in [9.17, 15) is 5.11 Å². The minimum atomic E-state index is -0.515. The first kappa shape index (κ1) is 13.6. The van der Waals surface area contributed by atoms with E-state index in [1.807, 2.05) is 50.2 Å². The molecule has 0 bridgehead atoms. The maximum atomic E-state index is 10.3. The molecule has 0 fully saturated rings. The van der Waals surface area contributed by atoms with Gasteiger partial charge in [0.15, 0.2) is 0 Å². The van der Waals surface area contributed by atoms with E-state index >= 15 is 0 Å². The Morgan fingerprint density at radius 1 is 0.947 bits per heavy atom. The summed E-state index contributed by atoms with van der Waals surface area (Å²) in [4.78, 5) is 0. The van der Waals surface area contributed by atoms with E-state index in [1.54, 1.807) is 7.11 Å². The van der Waals surface area contributed by atoms with Gasteiger partial charge in [0, 0.05) is 5.56 Å². The number of hydrogen-bond acceptors (Lipinski definition) is 2. The van der Waals surface area contributed by atoms with Gasteiger partial charge in [-0.15, -0.1) is 0 Å². The van der Waals surface area contributed by atoms with Gasteiger partial charge in [0.05, 0.1) is 13.2 Å². The zero-order chi connectivity index (χ0) is 13.8. The van der Waals surface area contributed by atoms with Crippen LogP contribution < -0.4 is 4.74 Å². The van der Waals surface area contributed by atoms with Crippen LogP contribution in [0.15, 0.2) is 48.5 Å². The van der Waals surface area contributed by atoms with Crippen LogP contribution in [0, 0.1) is 5.92 Å². The first-order chi connectivity index (χ1) is 9.13. The molecule has 100 valence electrons. The van der Waals surface area contributed by atoms with E-state index in [0.717, 1.165) is 22.4 Å². The Morgan fingerprint density at radius 3 is 2.21 bits per heavy atom. The molecule has 1 N–H and O–H groups in total. The molecule has 0 aliphatic carbocycles. The molecule has 2 nitrogen and oxygen atoms in total. The molecular formula is C17H20O2. The molecule has 0 aliphatic rings. The van der Waals surface area contributed by atoms with Crippen LogP contribution in [0.25, 0.3) is 11.1 Å². The first-order valence-electron chi connectivity index (χ1n) is 6.55. The molecule has 2 aromatic rings. The van der Waals surface area contributed by atoms with Crippen molar-refractivity contribution in [2.75, 3.05) is 7.11 Å². The predicted octanol–water partition coefficient (Wildman–Crippen LogP) is 4.05. The lowest BCUT2D eigenvalue weighted by Gasteiger charge is -2.19. The van der Waals surface area contributed by atoms with Crippen LogP contribution in [0.2, 0.25) is 0 Å². The van der Waals surface area contributed by atoms with Crippen LogP contribution in [-0.2, 0) is 0 Å². The third kappa shape index (κ3) is 2.96. The van der Waals surface area contributed by atoms with Crippen LogP contribution >= 0.6 is 0 Å². The number of aliphatic hydroxyl groups excluding tert-OH is 1. The fraction of sp³-hybridized carbons (Fsp3) is 0.294. The van der Waals surface area contributed by atoms with Gasteiger partial charge in [-0.2, -0.15) is 0 Å². The van der Waals surface area contributed by atoms with Crippen molar-refractivity contribution in [2.45, 2.75) is 20.0 Å². The van der Waals surface area contributed by atoms with Gasteiger partial charge in [-0.05, 0) is 29.2 Å². The Hall–Kier alpha value is -1.80. The Morgan fingerprint density at radius 2 is 1.63 bits per heavy atom. The van der Waals surface area contributed by atoms with Crippen molar-refractivity contribution in [3.63, 3.8) is 0 Å². The van der Waals surface area contributed by atoms with Gasteiger partial charge in [-0.25, -0.2) is 0 Å². The van der Waals surface area contributed by atoms with Gasteiger partial charge in [-0.1, -0.05) is 50.2 Å². The summed E-state index contributed by atoms with van der Waals surface area (Å²) in [6.45, 7) is 4.00. The van der Waals surface area contributed by atoms with E-state index in [4.69, 9.17) is 4.74 Å². The summed E-state index contributed by atoms with van der Waals surface area (Å²) in [5.74, 6) is 0.890. The zero-order valence-corrected chi connectivity index (χ0v) is 11.6. The van der Waals surface area contributed by atoms with Crippen molar-refractivity contribution in [2.24, 2.45) is 5.92 Å². The van der Waals surface area contributed by atoms with Crippen molar-refractivity contribution in [3.8, 4) is 16.9 Å². The Bertz CT molecular complexity index is 532. The highest BCUT2D eigenvalue weighted by Gasteiger charge is 2.17. The van der Waals surface area contributed by atoms with Gasteiger partial charge in [-0.3, -0.25) is 0 Å². The normalized spacial score (nSPS) is 12.5. The highest BCUT2D eigenvalue weighted by molar-refractivity contribution is 5.65. The van der Waals surface area contributed by atoms with E-state index in [0.29, 0.717) is 0 Å². The minimum Gasteiger partial charge on any atom is -0.496 e. The van der Waals surface area contributed by atoms with E-state index in [1.165, 1.54) is 0 Å². The SMILES string of the molecule is COc1ccc(-c2ccccc2)cc1[C@H](O)C(C)C. The highest BCUT2D eigenvalue weighted by atomic mass is 16.5. The fourth-order valence-electron chi connectivity index (χ4n) is 2.13. The quantitative estimate of drug-likeness (QED) is 0.894. The number of benzene rings is 2. The topological polar surface area (TPSA) is 29.5 Å². The van der Waals surface area contributed by atoms with Crippen molar-refractivity contribution in [1.29, 1.82) is 0 Å². The molecule has 2 heteroatoms. The Balaban J connectivity index is 2.47. The predicted molar refractivity (Wildman–Crippen MR) is 78.2 cm³/mol. The first-order valence-corrected chi connectivity index (χ1v) is 6.55. The van der Waals surface area contributed by atoms with Gasteiger partial charge in [0.1, 0.15) is 5.75 Å². The lowest BCUT2D eigenvalue weighted by atomic mass is 9.94. The zero-order valence-electron chi connectivity index (χ0n) is 11.6. The highest BCUT2D eigenvalue weighted by Crippen LogP contribution is 2.33. The number of aliphatic hydroxyl groups is 1. The molecule has 0 radical (unpaired) electrons. The molecule has 0 aromatic heterocycles. The fourth-order valence-corrected chi connectivity index (χ4v) is 2.13. The second-order valence-corrected chi connectivity index (χ2v) is 5.01. The lowest BCUT2D eigenvalue weighted by molar-refractivity contribution is 0.123. The van der Waals surface area contributed by atoms with E-state index < -0.39 is 6.10 Å². The summed E-state index contributed by atoms with van der Waals surface area (Å²) in [7, 11) is 1.63. The van der Waals surface area contributed by atoms with Crippen LogP contribution in [0.1, 0.15) is 25.5 Å². The van der Waals surface area contributed by atoms with E-state index in [2.05, 4.69) is 12.1 Å². The summed E-state index contributed by atoms with van der Waals surface area (Å²) in [5.41, 5.74) is 3.08. The molecule has 19 heavy (non-hydrogen) atoms. The molecule has 0 unspecified atom stereocenters. The number of rotatable bonds is 4. The third-order valence-corrected chi connectivity index (χ3v) is 3.29. The van der Waals surface area contributed by atoms with Gasteiger partial charge in [0.2, 0.25) is 0 Å². The van der Waals surface area contributed by atoms with Crippen molar-refractivity contribution in [1.82, 2.24) is 0 Å². The molecule has 0 saturated carbocycles. The molecule has 2 rings (SSSR count). The molecule has 0 spiro atoms. The van der Waals surface area contributed by atoms with Crippen molar-refractivity contribution in [3.05, 3.63) is 54.1 Å².